The van der Waals surface area contributed by atoms with E-state index in [4.69, 9.17) is 9.47 Å². The molecular weight excluding hydrogens is 453 g/mol. The molecule has 0 fully saturated rings. The van der Waals surface area contributed by atoms with E-state index in [-0.39, 0.29) is 11.7 Å². The quantitative estimate of drug-likeness (QED) is 0.332. The molecule has 4 aromatic carbocycles. The van der Waals surface area contributed by atoms with Gasteiger partial charge in [-0.05, 0) is 58.5 Å². The van der Waals surface area contributed by atoms with Gasteiger partial charge in [-0.3, -0.25) is 4.79 Å². The molecule has 0 radical (unpaired) electrons. The van der Waals surface area contributed by atoms with Gasteiger partial charge in [-0.2, -0.15) is 0 Å². The lowest BCUT2D eigenvalue weighted by Gasteiger charge is -2.40. The van der Waals surface area contributed by atoms with Crippen molar-refractivity contribution in [2.24, 2.45) is 0 Å². The molecule has 0 saturated carbocycles. The van der Waals surface area contributed by atoms with E-state index < -0.39 is 12.0 Å². The van der Waals surface area contributed by atoms with Crippen molar-refractivity contribution in [3.05, 3.63) is 131 Å². The number of halogens is 1. The Morgan fingerprint density at radius 1 is 0.833 bits per heavy atom. The van der Waals surface area contributed by atoms with Gasteiger partial charge in [-0.15, -0.1) is 0 Å². The number of benzene rings is 4. The average Bonchev–Trinajstić information content (AvgIpc) is 2.93. The number of methoxy groups -OCH3 is 2. The third kappa shape index (κ3) is 4.44. The largest absolute Gasteiger partial charge is 0.493 e. The number of carbonyl (C=O) groups excluding carboxylic acids is 1. The molecule has 1 aliphatic rings. The monoisotopic (exact) mass is 481 g/mol. The Bertz CT molecular complexity index is 1300. The van der Waals surface area contributed by atoms with E-state index in [0.29, 0.717) is 24.5 Å². The Hall–Kier alpha value is -4.12. The van der Waals surface area contributed by atoms with Crippen molar-refractivity contribution in [1.29, 1.82) is 0 Å². The lowest BCUT2D eigenvalue weighted by Crippen LogP contribution is -2.43. The van der Waals surface area contributed by atoms with Crippen molar-refractivity contribution in [1.82, 2.24) is 4.90 Å². The van der Waals surface area contributed by atoms with Crippen LogP contribution < -0.4 is 9.47 Å². The first-order valence-corrected chi connectivity index (χ1v) is 12.0. The fourth-order valence-electron chi connectivity index (χ4n) is 5.12. The maximum atomic E-state index is 14.4. The van der Waals surface area contributed by atoms with Gasteiger partial charge in [-0.25, -0.2) is 4.39 Å². The van der Waals surface area contributed by atoms with E-state index in [9.17, 15) is 9.18 Å². The zero-order chi connectivity index (χ0) is 25.1. The average molecular weight is 482 g/mol. The molecule has 182 valence electrons. The van der Waals surface area contributed by atoms with Crippen molar-refractivity contribution in [2.45, 2.75) is 18.4 Å². The van der Waals surface area contributed by atoms with Crippen LogP contribution in [-0.4, -0.2) is 31.6 Å². The number of nitrogens with zero attached hydrogens (tertiary/aromatic N) is 1. The van der Waals surface area contributed by atoms with E-state index >= 15 is 0 Å². The number of ether oxygens (including phenoxy) is 2. The summed E-state index contributed by atoms with van der Waals surface area (Å²) in [4.78, 5) is 16.4. The van der Waals surface area contributed by atoms with E-state index in [0.717, 1.165) is 27.8 Å². The number of hydrogen-bond donors (Lipinski definition) is 0. The Balaban J connectivity index is 1.65. The highest BCUT2D eigenvalue weighted by Crippen LogP contribution is 2.42. The van der Waals surface area contributed by atoms with Crippen LogP contribution in [0.15, 0.2) is 97.1 Å². The predicted molar refractivity (Wildman–Crippen MR) is 138 cm³/mol. The van der Waals surface area contributed by atoms with Crippen molar-refractivity contribution >= 4 is 5.91 Å². The number of hydrogen-bond acceptors (Lipinski definition) is 3. The summed E-state index contributed by atoms with van der Waals surface area (Å²) in [6.07, 6.45) is 0.676. The minimum atomic E-state index is -0.461. The molecule has 4 aromatic rings. The first-order chi connectivity index (χ1) is 17.6. The lowest BCUT2D eigenvalue weighted by molar-refractivity contribution is -0.134. The fraction of sp³-hybridized carbons (Fsp3) is 0.194. The van der Waals surface area contributed by atoms with Gasteiger partial charge in [-0.1, -0.05) is 72.8 Å². The van der Waals surface area contributed by atoms with Crippen molar-refractivity contribution in [3.63, 3.8) is 0 Å². The van der Waals surface area contributed by atoms with Crippen LogP contribution in [0.3, 0.4) is 0 Å². The van der Waals surface area contributed by atoms with Gasteiger partial charge in [0, 0.05) is 6.54 Å². The summed E-state index contributed by atoms with van der Waals surface area (Å²) in [5.74, 6) is 0.478. The van der Waals surface area contributed by atoms with Gasteiger partial charge in [0.2, 0.25) is 5.91 Å². The van der Waals surface area contributed by atoms with Crippen LogP contribution in [0.5, 0.6) is 11.5 Å². The molecule has 1 aliphatic heterocycles. The van der Waals surface area contributed by atoms with Gasteiger partial charge in [0.15, 0.2) is 11.5 Å². The molecule has 0 aliphatic carbocycles. The highest BCUT2D eigenvalue weighted by atomic mass is 19.1. The van der Waals surface area contributed by atoms with E-state index in [2.05, 4.69) is 0 Å². The van der Waals surface area contributed by atoms with Crippen LogP contribution in [0.2, 0.25) is 0 Å². The maximum absolute atomic E-state index is 14.4. The summed E-state index contributed by atoms with van der Waals surface area (Å²) in [5, 5.41) is 0. The van der Waals surface area contributed by atoms with Crippen LogP contribution in [0.1, 0.15) is 39.8 Å². The summed E-state index contributed by atoms with van der Waals surface area (Å²) < 4.78 is 25.0. The highest BCUT2D eigenvalue weighted by Gasteiger charge is 2.37. The van der Waals surface area contributed by atoms with Crippen LogP contribution >= 0.6 is 0 Å². The number of amides is 1. The fourth-order valence-corrected chi connectivity index (χ4v) is 5.12. The van der Waals surface area contributed by atoms with E-state index in [1.165, 1.54) is 12.1 Å². The number of carbonyl (C=O) groups is 1. The molecule has 0 spiro atoms. The first kappa shape index (κ1) is 23.6. The summed E-state index contributed by atoms with van der Waals surface area (Å²) in [6.45, 7) is 0.527. The molecule has 1 amide bonds. The second kappa shape index (κ2) is 10.2. The van der Waals surface area contributed by atoms with Gasteiger partial charge in [0.25, 0.3) is 0 Å². The topological polar surface area (TPSA) is 38.8 Å². The molecule has 4 nitrogen and oxygen atoms in total. The summed E-state index contributed by atoms with van der Waals surface area (Å²) >= 11 is 0. The molecule has 0 unspecified atom stereocenters. The number of rotatable bonds is 6. The lowest BCUT2D eigenvalue weighted by atomic mass is 9.84. The molecular formula is C31H28FNO3. The van der Waals surface area contributed by atoms with Crippen molar-refractivity contribution < 1.29 is 18.7 Å². The van der Waals surface area contributed by atoms with Crippen LogP contribution in [0.4, 0.5) is 4.39 Å². The molecule has 0 N–H and O–H groups in total. The molecule has 1 heterocycles. The zero-order valence-electron chi connectivity index (χ0n) is 20.4. The molecule has 0 saturated heterocycles. The summed E-state index contributed by atoms with van der Waals surface area (Å²) in [7, 11) is 3.22. The molecule has 1 atom stereocenters. The Kier molecular flexibility index (Phi) is 6.72. The molecule has 0 aromatic heterocycles. The molecule has 0 bridgehead atoms. The summed E-state index contributed by atoms with van der Waals surface area (Å²) in [5.41, 5.74) is 4.76. The third-order valence-corrected chi connectivity index (χ3v) is 6.86. The Labute approximate surface area is 210 Å². The summed E-state index contributed by atoms with van der Waals surface area (Å²) in [6, 6.07) is 29.6. The first-order valence-electron chi connectivity index (χ1n) is 12.0. The predicted octanol–water partition coefficient (Wildman–Crippen LogP) is 6.15. The molecule has 5 heteroatoms. The standard InChI is InChI=1S/C31H28FNO3/c1-35-27-19-24-17-18-33(30(26(24)20-28(27)36-2)23-13-15-25(32)16-14-23)31(34)29(21-9-5-3-6-10-21)22-11-7-4-8-12-22/h3-16,19-20,29-30H,17-18H2,1-2H3/t30-/m0/s1. The van der Waals surface area contributed by atoms with Gasteiger partial charge >= 0.3 is 0 Å². The van der Waals surface area contributed by atoms with Crippen molar-refractivity contribution in [3.8, 4) is 11.5 Å². The van der Waals surface area contributed by atoms with Crippen LogP contribution in [-0.2, 0) is 11.2 Å². The second-order valence-electron chi connectivity index (χ2n) is 8.90. The highest BCUT2D eigenvalue weighted by molar-refractivity contribution is 5.88. The Morgan fingerprint density at radius 3 is 1.94 bits per heavy atom. The van der Waals surface area contributed by atoms with Gasteiger partial charge in [0.05, 0.1) is 26.2 Å². The van der Waals surface area contributed by atoms with Gasteiger partial charge in [0.1, 0.15) is 5.82 Å². The third-order valence-electron chi connectivity index (χ3n) is 6.86. The molecule has 5 rings (SSSR count). The Morgan fingerprint density at radius 2 is 1.39 bits per heavy atom. The van der Waals surface area contributed by atoms with Crippen molar-refractivity contribution in [2.75, 3.05) is 20.8 Å². The maximum Gasteiger partial charge on any atom is 0.235 e. The normalized spacial score (nSPS) is 14.9. The minimum absolute atomic E-state index is 0.00200. The van der Waals surface area contributed by atoms with E-state index in [1.807, 2.05) is 77.7 Å². The minimum Gasteiger partial charge on any atom is -0.493 e. The SMILES string of the molecule is COc1cc2c(cc1OC)[C@H](c1ccc(F)cc1)N(C(=O)C(c1ccccc1)c1ccccc1)CC2. The second-order valence-corrected chi connectivity index (χ2v) is 8.90. The van der Waals surface area contributed by atoms with Crippen LogP contribution in [0.25, 0.3) is 0 Å². The molecule has 36 heavy (non-hydrogen) atoms. The van der Waals surface area contributed by atoms with Gasteiger partial charge < -0.3 is 14.4 Å². The van der Waals surface area contributed by atoms with E-state index in [1.54, 1.807) is 26.4 Å². The van der Waals surface area contributed by atoms with Crippen LogP contribution in [0, 0.1) is 5.82 Å². The zero-order valence-corrected chi connectivity index (χ0v) is 20.4. The number of fused-ring (bicyclic) bond motifs is 1. The smallest absolute Gasteiger partial charge is 0.235 e.